The molecule has 1 aromatic rings. The van der Waals surface area contributed by atoms with Crippen molar-refractivity contribution in [1.82, 2.24) is 5.32 Å². The van der Waals surface area contributed by atoms with Crippen molar-refractivity contribution < 1.29 is 18.6 Å². The maximum absolute atomic E-state index is 13.4. The van der Waals surface area contributed by atoms with E-state index in [1.54, 1.807) is 0 Å². The lowest BCUT2D eigenvalue weighted by Gasteiger charge is -2.24. The summed E-state index contributed by atoms with van der Waals surface area (Å²) < 4.78 is 32.1. The van der Waals surface area contributed by atoms with Crippen molar-refractivity contribution in [3.05, 3.63) is 35.4 Å². The molecule has 0 radical (unpaired) electrons. The van der Waals surface area contributed by atoms with Crippen molar-refractivity contribution in [3.63, 3.8) is 0 Å². The Bertz CT molecular complexity index is 433. The second-order valence-electron chi connectivity index (χ2n) is 5.21. The number of hydrogen-bond acceptors (Lipinski definition) is 3. The predicted octanol–water partition coefficient (Wildman–Crippen LogP) is 2.16. The summed E-state index contributed by atoms with van der Waals surface area (Å²) in [6, 6.07) is 3.08. The fourth-order valence-electron chi connectivity index (χ4n) is 2.33. The lowest BCUT2D eigenvalue weighted by atomic mass is 10.0. The summed E-state index contributed by atoms with van der Waals surface area (Å²) >= 11 is 0. The number of nitrogens with one attached hydrogen (secondary N) is 1. The monoisotopic (exact) mass is 271 g/mol. The fourth-order valence-corrected chi connectivity index (χ4v) is 2.33. The molecule has 2 atom stereocenters. The predicted molar refractivity (Wildman–Crippen MR) is 67.8 cm³/mol. The fraction of sp³-hybridized carbons (Fsp3) is 0.571. The molecule has 1 aliphatic heterocycles. The van der Waals surface area contributed by atoms with Gasteiger partial charge in [0, 0.05) is 25.3 Å². The molecule has 0 saturated carbocycles. The van der Waals surface area contributed by atoms with E-state index < -0.39 is 17.7 Å². The summed E-state index contributed by atoms with van der Waals surface area (Å²) in [5.74, 6) is -1.15. The van der Waals surface area contributed by atoms with Gasteiger partial charge in [0.2, 0.25) is 0 Å². The van der Waals surface area contributed by atoms with Crippen molar-refractivity contribution in [2.45, 2.75) is 31.5 Å². The molecule has 1 heterocycles. The Hall–Kier alpha value is -1.04. The second-order valence-corrected chi connectivity index (χ2v) is 5.21. The van der Waals surface area contributed by atoms with E-state index in [4.69, 9.17) is 4.74 Å². The first-order chi connectivity index (χ1) is 9.00. The van der Waals surface area contributed by atoms with Gasteiger partial charge in [0.05, 0.1) is 11.7 Å². The molecule has 2 N–H and O–H groups in total. The quantitative estimate of drug-likeness (QED) is 0.862. The maximum atomic E-state index is 13.4. The van der Waals surface area contributed by atoms with E-state index in [-0.39, 0.29) is 17.7 Å². The summed E-state index contributed by atoms with van der Waals surface area (Å²) in [5.41, 5.74) is -0.245. The number of halogens is 2. The minimum Gasteiger partial charge on any atom is -0.387 e. The minimum atomic E-state index is -1.07. The third-order valence-electron chi connectivity index (χ3n) is 3.45. The highest BCUT2D eigenvalue weighted by molar-refractivity contribution is 5.21. The molecule has 0 spiro atoms. The number of benzene rings is 1. The number of ether oxygens (including phenoxy) is 1. The van der Waals surface area contributed by atoms with Gasteiger partial charge in [0.25, 0.3) is 0 Å². The van der Waals surface area contributed by atoms with E-state index in [1.807, 2.05) is 6.92 Å². The molecule has 2 rings (SSSR count). The lowest BCUT2D eigenvalue weighted by molar-refractivity contribution is 0.0184. The van der Waals surface area contributed by atoms with Crippen molar-refractivity contribution in [2.75, 3.05) is 19.7 Å². The Kier molecular flexibility index (Phi) is 4.50. The van der Waals surface area contributed by atoms with E-state index >= 15 is 0 Å². The van der Waals surface area contributed by atoms with Gasteiger partial charge in [-0.3, -0.25) is 0 Å². The van der Waals surface area contributed by atoms with Gasteiger partial charge in [0.15, 0.2) is 0 Å². The standard InChI is InChI=1S/C14H19F2NO2/c1-14(5-2-6-19-14)9-17-8-13(18)11-7-10(15)3-4-12(11)16/h3-4,7,13,17-18H,2,5-6,8-9H2,1H3. The normalized spacial score (nSPS) is 24.6. The molecule has 3 nitrogen and oxygen atoms in total. The van der Waals surface area contributed by atoms with Crippen LogP contribution < -0.4 is 5.32 Å². The topological polar surface area (TPSA) is 41.5 Å². The molecule has 19 heavy (non-hydrogen) atoms. The van der Waals surface area contributed by atoms with Gasteiger partial charge in [-0.25, -0.2) is 8.78 Å². The first-order valence-corrected chi connectivity index (χ1v) is 6.48. The van der Waals surface area contributed by atoms with Crippen molar-refractivity contribution in [1.29, 1.82) is 0 Å². The van der Waals surface area contributed by atoms with Crippen LogP contribution in [0.3, 0.4) is 0 Å². The molecule has 1 aromatic carbocycles. The van der Waals surface area contributed by atoms with Crippen molar-refractivity contribution in [2.24, 2.45) is 0 Å². The van der Waals surface area contributed by atoms with Crippen LogP contribution in [-0.2, 0) is 4.74 Å². The minimum absolute atomic E-state index is 0.0232. The van der Waals surface area contributed by atoms with Crippen LogP contribution in [0, 0.1) is 11.6 Å². The molecule has 0 amide bonds. The van der Waals surface area contributed by atoms with Crippen LogP contribution in [0.5, 0.6) is 0 Å². The molecule has 0 aliphatic carbocycles. The van der Waals surface area contributed by atoms with Gasteiger partial charge < -0.3 is 15.2 Å². The lowest BCUT2D eigenvalue weighted by Crippen LogP contribution is -2.38. The third-order valence-corrected chi connectivity index (χ3v) is 3.45. The van der Waals surface area contributed by atoms with E-state index in [9.17, 15) is 13.9 Å². The zero-order chi connectivity index (χ0) is 13.9. The molecule has 106 valence electrons. The van der Waals surface area contributed by atoms with E-state index in [0.717, 1.165) is 37.6 Å². The zero-order valence-electron chi connectivity index (χ0n) is 11.0. The Morgan fingerprint density at radius 1 is 1.47 bits per heavy atom. The Balaban J connectivity index is 1.87. The van der Waals surface area contributed by atoms with Crippen LogP contribution >= 0.6 is 0 Å². The summed E-state index contributed by atoms with van der Waals surface area (Å²) in [4.78, 5) is 0. The van der Waals surface area contributed by atoms with E-state index in [0.29, 0.717) is 6.54 Å². The summed E-state index contributed by atoms with van der Waals surface area (Å²) in [5, 5.41) is 12.9. The van der Waals surface area contributed by atoms with Gasteiger partial charge in [-0.15, -0.1) is 0 Å². The number of rotatable bonds is 5. The Morgan fingerprint density at radius 3 is 2.95 bits per heavy atom. The molecular formula is C14H19F2NO2. The van der Waals surface area contributed by atoms with Crippen LogP contribution in [0.15, 0.2) is 18.2 Å². The van der Waals surface area contributed by atoms with Crippen LogP contribution in [0.4, 0.5) is 8.78 Å². The van der Waals surface area contributed by atoms with Crippen molar-refractivity contribution >= 4 is 0 Å². The summed E-state index contributed by atoms with van der Waals surface area (Å²) in [7, 11) is 0. The molecule has 1 aliphatic rings. The summed E-state index contributed by atoms with van der Waals surface area (Å²) in [6.07, 6.45) is 0.921. The molecular weight excluding hydrogens is 252 g/mol. The molecule has 1 fully saturated rings. The first kappa shape index (κ1) is 14.4. The van der Waals surface area contributed by atoms with E-state index in [2.05, 4.69) is 5.32 Å². The smallest absolute Gasteiger partial charge is 0.129 e. The first-order valence-electron chi connectivity index (χ1n) is 6.48. The van der Waals surface area contributed by atoms with Crippen LogP contribution in [-0.4, -0.2) is 30.4 Å². The van der Waals surface area contributed by atoms with Crippen LogP contribution in [0.1, 0.15) is 31.4 Å². The Morgan fingerprint density at radius 2 is 2.26 bits per heavy atom. The molecule has 0 bridgehead atoms. The van der Waals surface area contributed by atoms with Gasteiger partial charge in [0.1, 0.15) is 11.6 Å². The molecule has 1 saturated heterocycles. The average Bonchev–Trinajstić information content (AvgIpc) is 2.79. The second kappa shape index (κ2) is 5.94. The molecule has 5 heteroatoms. The highest BCUT2D eigenvalue weighted by Crippen LogP contribution is 2.24. The highest BCUT2D eigenvalue weighted by Gasteiger charge is 2.29. The zero-order valence-corrected chi connectivity index (χ0v) is 11.0. The third kappa shape index (κ3) is 3.72. The summed E-state index contributed by atoms with van der Waals surface area (Å²) in [6.45, 7) is 3.50. The highest BCUT2D eigenvalue weighted by atomic mass is 19.1. The molecule has 2 unspecified atom stereocenters. The SMILES string of the molecule is CC1(CNCC(O)c2cc(F)ccc2F)CCCO1. The Labute approximate surface area is 111 Å². The van der Waals surface area contributed by atoms with E-state index in [1.165, 1.54) is 0 Å². The number of aliphatic hydroxyl groups excluding tert-OH is 1. The average molecular weight is 271 g/mol. The van der Waals surface area contributed by atoms with Crippen LogP contribution in [0.2, 0.25) is 0 Å². The largest absolute Gasteiger partial charge is 0.387 e. The van der Waals surface area contributed by atoms with Crippen LogP contribution in [0.25, 0.3) is 0 Å². The maximum Gasteiger partial charge on any atom is 0.129 e. The van der Waals surface area contributed by atoms with Gasteiger partial charge in [-0.05, 0) is 38.0 Å². The molecule has 0 aromatic heterocycles. The van der Waals surface area contributed by atoms with Gasteiger partial charge in [-0.2, -0.15) is 0 Å². The van der Waals surface area contributed by atoms with Crippen molar-refractivity contribution in [3.8, 4) is 0 Å². The number of aliphatic hydroxyl groups is 1. The van der Waals surface area contributed by atoms with Gasteiger partial charge in [-0.1, -0.05) is 0 Å². The van der Waals surface area contributed by atoms with Gasteiger partial charge >= 0.3 is 0 Å². The number of hydrogen-bond donors (Lipinski definition) is 2.